The van der Waals surface area contributed by atoms with Crippen molar-refractivity contribution in [3.8, 4) is 45.3 Å². The summed E-state index contributed by atoms with van der Waals surface area (Å²) >= 11 is 0. The van der Waals surface area contributed by atoms with Crippen LogP contribution in [-0.2, 0) is 9.47 Å². The zero-order valence-electron chi connectivity index (χ0n) is 25.5. The number of hydrogen-bond donors (Lipinski definition) is 0. The molecule has 15 heteroatoms. The van der Waals surface area contributed by atoms with Gasteiger partial charge in [-0.25, -0.2) is 8.78 Å². The minimum Gasteiger partial charge on any atom is -0.497 e. The molecule has 0 unspecified atom stereocenters. The molecule has 0 spiro atoms. The molecule has 1 aliphatic heterocycles. The molecule has 4 aromatic rings. The lowest BCUT2D eigenvalue weighted by molar-refractivity contribution is -0.386. The van der Waals surface area contributed by atoms with Crippen LogP contribution in [0.25, 0.3) is 22.3 Å². The van der Waals surface area contributed by atoms with Gasteiger partial charge in [0.2, 0.25) is 0 Å². The fourth-order valence-electron chi connectivity index (χ4n) is 4.66. The summed E-state index contributed by atoms with van der Waals surface area (Å²) in [5.74, 6) is 0.264. The summed E-state index contributed by atoms with van der Waals surface area (Å²) in [6.07, 6.45) is -0.578. The van der Waals surface area contributed by atoms with E-state index in [1.54, 1.807) is 36.4 Å². The lowest BCUT2D eigenvalue weighted by Gasteiger charge is -2.14. The summed E-state index contributed by atoms with van der Waals surface area (Å²) in [4.78, 5) is 31.6. The number of benzene rings is 4. The van der Waals surface area contributed by atoms with E-state index in [2.05, 4.69) is 0 Å². The predicted molar refractivity (Wildman–Crippen MR) is 163 cm³/mol. The minimum absolute atomic E-state index is 0.0462. The minimum atomic E-state index is -0.896. The SMILES string of the molecule is COc1cc(OC)cc(-c2cc(C3OCCO3)c([N+](=O)[O-])cc2F)c1.COc1cc(OC)cc(-c2cc(C=O)c([N+](=O)[O-])cc2F)c1. The number of nitro groups is 2. The topological polar surface area (TPSA) is 159 Å². The maximum absolute atomic E-state index is 14.6. The van der Waals surface area contributed by atoms with Gasteiger partial charge >= 0.3 is 0 Å². The standard InChI is InChI=1S/C17H16FNO6.C15H12FNO5/c1-22-11-5-10(6-12(7-11)23-2)13-8-14(17-24-3-4-25-17)16(19(20)21)9-15(13)18;1-21-11-3-9(4-12(6-11)22-2)13-5-10(8-18)15(17(19)20)7-14(13)16/h5-9,17H,3-4H2,1-2H3;3-8H,1-2H3. The molecule has 1 fully saturated rings. The second-order valence-corrected chi connectivity index (χ2v) is 9.69. The number of rotatable bonds is 10. The highest BCUT2D eigenvalue weighted by Gasteiger charge is 2.29. The first kappa shape index (κ1) is 34.2. The fourth-order valence-corrected chi connectivity index (χ4v) is 4.66. The van der Waals surface area contributed by atoms with Crippen LogP contribution >= 0.6 is 0 Å². The third-order valence-electron chi connectivity index (χ3n) is 6.95. The van der Waals surface area contributed by atoms with Gasteiger partial charge in [0.15, 0.2) is 12.6 Å². The van der Waals surface area contributed by atoms with Gasteiger partial charge in [-0.2, -0.15) is 0 Å². The van der Waals surface area contributed by atoms with Gasteiger partial charge in [0, 0.05) is 23.3 Å². The molecular formula is C32H28F2N2O11. The van der Waals surface area contributed by atoms with Crippen LogP contribution in [0.2, 0.25) is 0 Å². The fraction of sp³-hybridized carbons (Fsp3) is 0.219. The molecule has 1 aliphatic rings. The van der Waals surface area contributed by atoms with Gasteiger partial charge in [-0.1, -0.05) is 0 Å². The van der Waals surface area contributed by atoms with E-state index < -0.39 is 33.5 Å². The third-order valence-corrected chi connectivity index (χ3v) is 6.95. The highest BCUT2D eigenvalue weighted by Crippen LogP contribution is 2.39. The van der Waals surface area contributed by atoms with Crippen LogP contribution in [-0.4, -0.2) is 57.8 Å². The Morgan fingerprint density at radius 1 is 0.660 bits per heavy atom. The van der Waals surface area contributed by atoms with Crippen molar-refractivity contribution >= 4 is 17.7 Å². The van der Waals surface area contributed by atoms with Crippen LogP contribution in [0.5, 0.6) is 23.0 Å². The summed E-state index contributed by atoms with van der Waals surface area (Å²) in [6, 6.07) is 13.7. The van der Waals surface area contributed by atoms with E-state index in [1.165, 1.54) is 34.5 Å². The number of aldehydes is 1. The van der Waals surface area contributed by atoms with E-state index in [9.17, 15) is 33.8 Å². The highest BCUT2D eigenvalue weighted by atomic mass is 19.1. The largest absolute Gasteiger partial charge is 0.497 e. The smallest absolute Gasteiger partial charge is 0.282 e. The Bertz CT molecular complexity index is 1770. The van der Waals surface area contributed by atoms with Crippen molar-refractivity contribution in [1.29, 1.82) is 0 Å². The summed E-state index contributed by atoms with van der Waals surface area (Å²) < 4.78 is 60.0. The number of methoxy groups -OCH3 is 4. The van der Waals surface area contributed by atoms with Gasteiger partial charge in [0.1, 0.15) is 34.6 Å². The molecule has 246 valence electrons. The zero-order chi connectivity index (χ0) is 34.2. The lowest BCUT2D eigenvalue weighted by atomic mass is 10.00. The van der Waals surface area contributed by atoms with Crippen LogP contribution in [0.3, 0.4) is 0 Å². The van der Waals surface area contributed by atoms with Gasteiger partial charge in [0.05, 0.1) is 74.8 Å². The van der Waals surface area contributed by atoms with E-state index in [0.717, 1.165) is 18.2 Å². The Morgan fingerprint density at radius 3 is 1.45 bits per heavy atom. The lowest BCUT2D eigenvalue weighted by Crippen LogP contribution is -2.05. The average molecular weight is 655 g/mol. The summed E-state index contributed by atoms with van der Waals surface area (Å²) in [7, 11) is 5.86. The van der Waals surface area contributed by atoms with Gasteiger partial charge in [0.25, 0.3) is 11.4 Å². The molecule has 1 heterocycles. The van der Waals surface area contributed by atoms with Crippen molar-refractivity contribution in [3.63, 3.8) is 0 Å². The van der Waals surface area contributed by atoms with E-state index in [4.69, 9.17) is 28.4 Å². The van der Waals surface area contributed by atoms with Crippen molar-refractivity contribution in [1.82, 2.24) is 0 Å². The van der Waals surface area contributed by atoms with Crippen LogP contribution in [0, 0.1) is 31.9 Å². The number of ether oxygens (including phenoxy) is 6. The number of nitro benzene ring substituents is 2. The average Bonchev–Trinajstić information content (AvgIpc) is 3.62. The first-order valence-electron chi connectivity index (χ1n) is 13.6. The Balaban J connectivity index is 0.000000215. The van der Waals surface area contributed by atoms with Crippen molar-refractivity contribution in [3.05, 3.63) is 104 Å². The molecule has 0 bridgehead atoms. The van der Waals surface area contributed by atoms with Crippen molar-refractivity contribution in [2.75, 3.05) is 41.7 Å². The zero-order valence-corrected chi connectivity index (χ0v) is 25.5. The van der Waals surface area contributed by atoms with E-state index in [0.29, 0.717) is 53.6 Å². The highest BCUT2D eigenvalue weighted by molar-refractivity contribution is 5.85. The third kappa shape index (κ3) is 7.77. The molecular weight excluding hydrogens is 626 g/mol. The normalized spacial score (nSPS) is 12.5. The van der Waals surface area contributed by atoms with Crippen LogP contribution in [0.1, 0.15) is 22.2 Å². The van der Waals surface area contributed by atoms with E-state index in [1.807, 2.05) is 0 Å². The van der Waals surface area contributed by atoms with Gasteiger partial charge in [-0.3, -0.25) is 25.0 Å². The second kappa shape index (κ2) is 15.1. The Kier molecular flexibility index (Phi) is 11.0. The number of hydrogen-bond acceptors (Lipinski definition) is 11. The first-order valence-corrected chi connectivity index (χ1v) is 13.6. The number of carbonyl (C=O) groups excluding carboxylic acids is 1. The molecule has 1 saturated heterocycles. The Hall–Kier alpha value is -5.67. The molecule has 47 heavy (non-hydrogen) atoms. The van der Waals surface area contributed by atoms with E-state index >= 15 is 0 Å². The molecule has 13 nitrogen and oxygen atoms in total. The molecule has 5 rings (SSSR count). The quantitative estimate of drug-likeness (QED) is 0.102. The molecule has 0 aromatic heterocycles. The van der Waals surface area contributed by atoms with E-state index in [-0.39, 0.29) is 27.9 Å². The Labute approximate surface area is 266 Å². The number of nitrogens with zero attached hydrogens (tertiary/aromatic N) is 2. The summed E-state index contributed by atoms with van der Waals surface area (Å²) in [6.45, 7) is 0.642. The maximum atomic E-state index is 14.6. The molecule has 0 aliphatic carbocycles. The molecule has 0 N–H and O–H groups in total. The van der Waals surface area contributed by atoms with Crippen molar-refractivity contribution < 1.29 is 51.8 Å². The monoisotopic (exact) mass is 654 g/mol. The van der Waals surface area contributed by atoms with Crippen LogP contribution in [0.4, 0.5) is 20.2 Å². The maximum Gasteiger partial charge on any atom is 0.282 e. The molecule has 0 saturated carbocycles. The molecule has 4 aromatic carbocycles. The second-order valence-electron chi connectivity index (χ2n) is 9.69. The predicted octanol–water partition coefficient (Wildman–Crippen LogP) is 6.69. The molecule has 0 radical (unpaired) electrons. The van der Waals surface area contributed by atoms with Crippen molar-refractivity contribution in [2.24, 2.45) is 0 Å². The first-order chi connectivity index (χ1) is 22.5. The number of carbonyl (C=O) groups is 1. The van der Waals surface area contributed by atoms with Crippen molar-refractivity contribution in [2.45, 2.75) is 6.29 Å². The molecule has 0 atom stereocenters. The number of halogens is 2. The summed E-state index contributed by atoms with van der Waals surface area (Å²) in [5, 5.41) is 22.1. The van der Waals surface area contributed by atoms with Gasteiger partial charge < -0.3 is 28.4 Å². The van der Waals surface area contributed by atoms with Gasteiger partial charge in [-0.15, -0.1) is 0 Å². The van der Waals surface area contributed by atoms with Crippen LogP contribution < -0.4 is 18.9 Å². The molecule has 0 amide bonds. The Morgan fingerprint density at radius 2 is 1.06 bits per heavy atom. The van der Waals surface area contributed by atoms with Gasteiger partial charge in [-0.05, 0) is 47.5 Å². The van der Waals surface area contributed by atoms with Crippen LogP contribution in [0.15, 0.2) is 60.7 Å². The summed E-state index contributed by atoms with van der Waals surface area (Å²) in [5.41, 5.74) is 0.0503.